The van der Waals surface area contributed by atoms with E-state index in [0.717, 1.165) is 25.1 Å². The van der Waals surface area contributed by atoms with Crippen LogP contribution in [-0.2, 0) is 9.53 Å². The topological polar surface area (TPSA) is 64.3 Å². The van der Waals surface area contributed by atoms with Gasteiger partial charge in [-0.05, 0) is 30.2 Å². The maximum Gasteiger partial charge on any atom is 0.228 e. The molecule has 1 aliphatic rings. The summed E-state index contributed by atoms with van der Waals surface area (Å²) in [6, 6.07) is 9.72. The zero-order valence-electron chi connectivity index (χ0n) is 12.5. The second kappa shape index (κ2) is 8.37. The van der Waals surface area contributed by atoms with Crippen LogP contribution >= 0.6 is 12.4 Å². The summed E-state index contributed by atoms with van der Waals surface area (Å²) in [5.74, 6) is -0.225. The molecule has 4 nitrogen and oxygen atoms in total. The number of methoxy groups -OCH3 is 1. The average molecular weight is 313 g/mol. The smallest absolute Gasteiger partial charge is 0.228 e. The van der Waals surface area contributed by atoms with Gasteiger partial charge in [0.2, 0.25) is 5.91 Å². The number of hydrogen-bond donors (Lipinski definition) is 2. The Hall–Kier alpha value is -1.10. The van der Waals surface area contributed by atoms with E-state index in [2.05, 4.69) is 5.32 Å². The second-order valence-corrected chi connectivity index (χ2v) is 5.66. The van der Waals surface area contributed by atoms with Crippen molar-refractivity contribution in [1.29, 1.82) is 0 Å². The van der Waals surface area contributed by atoms with Crippen LogP contribution in [0.5, 0.6) is 0 Å². The second-order valence-electron chi connectivity index (χ2n) is 5.66. The van der Waals surface area contributed by atoms with Crippen molar-refractivity contribution in [3.05, 3.63) is 35.9 Å². The maximum atomic E-state index is 12.3. The van der Waals surface area contributed by atoms with E-state index in [0.29, 0.717) is 6.54 Å². The van der Waals surface area contributed by atoms with E-state index < -0.39 is 0 Å². The summed E-state index contributed by atoms with van der Waals surface area (Å²) in [6.45, 7) is 1.83. The zero-order valence-corrected chi connectivity index (χ0v) is 13.3. The molecule has 1 aromatic rings. The van der Waals surface area contributed by atoms with Crippen molar-refractivity contribution in [1.82, 2.24) is 5.32 Å². The van der Waals surface area contributed by atoms with Crippen LogP contribution in [0.15, 0.2) is 30.3 Å². The van der Waals surface area contributed by atoms with Gasteiger partial charge in [-0.1, -0.05) is 30.3 Å². The van der Waals surface area contributed by atoms with Crippen LogP contribution in [0.25, 0.3) is 0 Å². The highest BCUT2D eigenvalue weighted by molar-refractivity contribution is 5.85. The first-order valence-electron chi connectivity index (χ1n) is 7.22. The lowest BCUT2D eigenvalue weighted by Gasteiger charge is -2.19. The van der Waals surface area contributed by atoms with E-state index in [9.17, 15) is 4.79 Å². The van der Waals surface area contributed by atoms with Crippen LogP contribution < -0.4 is 11.1 Å². The number of rotatable bonds is 8. The average Bonchev–Trinajstić information content (AvgIpc) is 3.25. The summed E-state index contributed by atoms with van der Waals surface area (Å²) in [4.78, 5) is 12.3. The fraction of sp³-hybridized carbons (Fsp3) is 0.562. The fourth-order valence-electron chi connectivity index (χ4n) is 2.49. The molecule has 118 valence electrons. The van der Waals surface area contributed by atoms with E-state index in [4.69, 9.17) is 10.5 Å². The van der Waals surface area contributed by atoms with Gasteiger partial charge in [-0.25, -0.2) is 0 Å². The Morgan fingerprint density at radius 1 is 1.38 bits per heavy atom. The highest BCUT2D eigenvalue weighted by atomic mass is 35.5. The summed E-state index contributed by atoms with van der Waals surface area (Å²) in [5, 5.41) is 3.07. The number of hydrogen-bond acceptors (Lipinski definition) is 3. The Bertz CT molecular complexity index is 435. The van der Waals surface area contributed by atoms with Crippen molar-refractivity contribution < 1.29 is 9.53 Å². The van der Waals surface area contributed by atoms with Crippen molar-refractivity contribution in [2.75, 3.05) is 26.8 Å². The molecule has 0 radical (unpaired) electrons. The van der Waals surface area contributed by atoms with Crippen LogP contribution in [0.1, 0.15) is 30.7 Å². The molecule has 0 aromatic heterocycles. The number of halogens is 1. The fourth-order valence-corrected chi connectivity index (χ4v) is 2.49. The van der Waals surface area contributed by atoms with Gasteiger partial charge < -0.3 is 15.8 Å². The quantitative estimate of drug-likeness (QED) is 0.772. The van der Waals surface area contributed by atoms with Crippen molar-refractivity contribution in [2.45, 2.75) is 25.2 Å². The van der Waals surface area contributed by atoms with Crippen LogP contribution in [0.4, 0.5) is 0 Å². The number of benzene rings is 1. The predicted octanol–water partition coefficient (Wildman–Crippen LogP) is 2.08. The van der Waals surface area contributed by atoms with E-state index in [1.165, 1.54) is 12.8 Å². The Kier molecular flexibility index (Phi) is 7.15. The molecule has 1 saturated carbocycles. The summed E-state index contributed by atoms with van der Waals surface area (Å²) >= 11 is 0. The summed E-state index contributed by atoms with van der Waals surface area (Å²) < 4.78 is 5.13. The number of carbonyl (C=O) groups excluding carboxylic acids is 1. The molecule has 0 aliphatic heterocycles. The number of nitrogens with two attached hydrogens (primary N) is 1. The molecule has 1 amide bonds. The van der Waals surface area contributed by atoms with E-state index in [1.807, 2.05) is 30.3 Å². The first-order chi connectivity index (χ1) is 9.71. The normalized spacial score (nSPS) is 16.7. The SMILES string of the molecule is COCCC1(CNC(=O)C(CN)c2ccccc2)CC1.Cl. The lowest BCUT2D eigenvalue weighted by Crippen LogP contribution is -2.37. The van der Waals surface area contributed by atoms with Crippen molar-refractivity contribution in [3.63, 3.8) is 0 Å². The van der Waals surface area contributed by atoms with Gasteiger partial charge in [-0.3, -0.25) is 4.79 Å². The predicted molar refractivity (Wildman–Crippen MR) is 86.7 cm³/mol. The zero-order chi connectivity index (χ0) is 14.4. The highest BCUT2D eigenvalue weighted by Gasteiger charge is 2.42. The number of nitrogens with one attached hydrogen (secondary N) is 1. The number of carbonyl (C=O) groups is 1. The van der Waals surface area contributed by atoms with Gasteiger partial charge >= 0.3 is 0 Å². The number of amides is 1. The van der Waals surface area contributed by atoms with Crippen molar-refractivity contribution >= 4 is 18.3 Å². The summed E-state index contributed by atoms with van der Waals surface area (Å²) in [7, 11) is 1.72. The van der Waals surface area contributed by atoms with Gasteiger partial charge in [-0.15, -0.1) is 12.4 Å². The standard InChI is InChI=1S/C16H24N2O2.ClH/c1-20-10-9-16(7-8-16)12-18-15(19)14(11-17)13-5-3-2-4-6-13;/h2-6,14H,7-12,17H2,1H3,(H,18,19);1H. The summed E-state index contributed by atoms with van der Waals surface area (Å²) in [5.41, 5.74) is 7.01. The minimum absolute atomic E-state index is 0. The molecule has 1 aromatic carbocycles. The van der Waals surface area contributed by atoms with Crippen LogP contribution in [0.3, 0.4) is 0 Å². The molecular weight excluding hydrogens is 288 g/mol. The van der Waals surface area contributed by atoms with Crippen LogP contribution in [0.2, 0.25) is 0 Å². The molecule has 1 unspecified atom stereocenters. The first-order valence-corrected chi connectivity index (χ1v) is 7.22. The van der Waals surface area contributed by atoms with E-state index in [1.54, 1.807) is 7.11 Å². The molecule has 5 heteroatoms. The molecule has 0 heterocycles. The van der Waals surface area contributed by atoms with Gasteiger partial charge in [0.1, 0.15) is 0 Å². The number of ether oxygens (including phenoxy) is 1. The Morgan fingerprint density at radius 3 is 2.57 bits per heavy atom. The third-order valence-electron chi connectivity index (χ3n) is 4.19. The largest absolute Gasteiger partial charge is 0.385 e. The van der Waals surface area contributed by atoms with Gasteiger partial charge in [0, 0.05) is 26.8 Å². The first kappa shape index (κ1) is 18.0. The highest BCUT2D eigenvalue weighted by Crippen LogP contribution is 2.48. The van der Waals surface area contributed by atoms with E-state index >= 15 is 0 Å². The third-order valence-corrected chi connectivity index (χ3v) is 4.19. The lowest BCUT2D eigenvalue weighted by molar-refractivity contribution is -0.122. The Balaban J connectivity index is 0.00000220. The van der Waals surface area contributed by atoms with Gasteiger partial charge in [0.25, 0.3) is 0 Å². The van der Waals surface area contributed by atoms with Crippen molar-refractivity contribution in [3.8, 4) is 0 Å². The molecule has 3 N–H and O–H groups in total. The molecular formula is C16H25ClN2O2. The molecule has 1 atom stereocenters. The van der Waals surface area contributed by atoms with Crippen molar-refractivity contribution in [2.24, 2.45) is 11.1 Å². The van der Waals surface area contributed by atoms with Crippen LogP contribution in [-0.4, -0.2) is 32.7 Å². The van der Waals surface area contributed by atoms with E-state index in [-0.39, 0.29) is 29.6 Å². The molecule has 1 fully saturated rings. The molecule has 0 bridgehead atoms. The molecule has 1 aliphatic carbocycles. The van der Waals surface area contributed by atoms with Gasteiger partial charge in [0.05, 0.1) is 5.92 Å². The monoisotopic (exact) mass is 312 g/mol. The lowest BCUT2D eigenvalue weighted by atomic mass is 9.97. The maximum absolute atomic E-state index is 12.3. The Labute approximate surface area is 132 Å². The third kappa shape index (κ3) is 4.99. The summed E-state index contributed by atoms with van der Waals surface area (Å²) in [6.07, 6.45) is 3.37. The van der Waals surface area contributed by atoms with Gasteiger partial charge in [-0.2, -0.15) is 0 Å². The molecule has 21 heavy (non-hydrogen) atoms. The Morgan fingerprint density at radius 2 is 2.05 bits per heavy atom. The minimum Gasteiger partial charge on any atom is -0.385 e. The molecule has 0 saturated heterocycles. The van der Waals surface area contributed by atoms with Gasteiger partial charge in [0.15, 0.2) is 0 Å². The molecule has 0 spiro atoms. The minimum atomic E-state index is -0.255. The van der Waals surface area contributed by atoms with Crippen LogP contribution in [0, 0.1) is 5.41 Å². The molecule has 2 rings (SSSR count).